The van der Waals surface area contributed by atoms with Crippen molar-refractivity contribution in [1.29, 1.82) is 0 Å². The van der Waals surface area contributed by atoms with Gasteiger partial charge in [0.1, 0.15) is 0 Å². The monoisotopic (exact) mass is 222 g/mol. The molecule has 0 fully saturated rings. The molecule has 1 aromatic carbocycles. The van der Waals surface area contributed by atoms with Gasteiger partial charge >= 0.3 is 5.97 Å². The summed E-state index contributed by atoms with van der Waals surface area (Å²) in [4.78, 5) is 13.4. The van der Waals surface area contributed by atoms with Crippen molar-refractivity contribution in [1.82, 2.24) is 0 Å². The van der Waals surface area contributed by atoms with Crippen molar-refractivity contribution in [2.75, 3.05) is 32.6 Å². The highest BCUT2D eigenvalue weighted by Crippen LogP contribution is 2.19. The maximum Gasteiger partial charge on any atom is 0.314 e. The Kier molecular flexibility index (Phi) is 4.31. The summed E-state index contributed by atoms with van der Waals surface area (Å²) in [5.41, 5.74) is 7.54. The Bertz CT molecular complexity index is 347. The SMILES string of the molecule is COC(=O)C(CN)c1ccc(N(C)C)cc1. The van der Waals surface area contributed by atoms with Crippen LogP contribution in [-0.4, -0.2) is 33.7 Å². The van der Waals surface area contributed by atoms with Crippen LogP contribution in [0.2, 0.25) is 0 Å². The maximum atomic E-state index is 11.4. The van der Waals surface area contributed by atoms with E-state index in [9.17, 15) is 4.79 Å². The molecule has 0 bridgehead atoms. The Morgan fingerprint density at radius 3 is 2.31 bits per heavy atom. The molecule has 2 N–H and O–H groups in total. The first kappa shape index (κ1) is 12.5. The fraction of sp³-hybridized carbons (Fsp3) is 0.417. The molecule has 0 aromatic heterocycles. The lowest BCUT2D eigenvalue weighted by Gasteiger charge is -2.16. The van der Waals surface area contributed by atoms with Gasteiger partial charge in [0.25, 0.3) is 0 Å². The molecule has 16 heavy (non-hydrogen) atoms. The Morgan fingerprint density at radius 1 is 1.38 bits per heavy atom. The number of hydrogen-bond acceptors (Lipinski definition) is 4. The first-order chi connectivity index (χ1) is 7.60. The molecule has 0 aliphatic carbocycles. The minimum atomic E-state index is -0.374. The van der Waals surface area contributed by atoms with Crippen LogP contribution in [0.25, 0.3) is 0 Å². The van der Waals surface area contributed by atoms with Crippen molar-refractivity contribution in [3.63, 3.8) is 0 Å². The molecule has 0 amide bonds. The van der Waals surface area contributed by atoms with Crippen LogP contribution in [0.1, 0.15) is 11.5 Å². The highest BCUT2D eigenvalue weighted by molar-refractivity contribution is 5.78. The van der Waals surface area contributed by atoms with E-state index in [4.69, 9.17) is 10.5 Å². The first-order valence-corrected chi connectivity index (χ1v) is 5.15. The van der Waals surface area contributed by atoms with Gasteiger partial charge in [-0.2, -0.15) is 0 Å². The van der Waals surface area contributed by atoms with Crippen molar-refractivity contribution in [2.45, 2.75) is 5.92 Å². The molecule has 0 spiro atoms. The first-order valence-electron chi connectivity index (χ1n) is 5.15. The fourth-order valence-electron chi connectivity index (χ4n) is 1.52. The second kappa shape index (κ2) is 5.51. The number of esters is 1. The number of nitrogens with two attached hydrogens (primary N) is 1. The summed E-state index contributed by atoms with van der Waals surface area (Å²) < 4.78 is 4.71. The molecule has 1 atom stereocenters. The zero-order valence-corrected chi connectivity index (χ0v) is 9.93. The number of methoxy groups -OCH3 is 1. The number of carbonyl (C=O) groups is 1. The zero-order chi connectivity index (χ0) is 12.1. The number of ether oxygens (including phenoxy) is 1. The van der Waals surface area contributed by atoms with E-state index in [2.05, 4.69) is 0 Å². The van der Waals surface area contributed by atoms with Crippen LogP contribution in [0.5, 0.6) is 0 Å². The van der Waals surface area contributed by atoms with Gasteiger partial charge < -0.3 is 15.4 Å². The van der Waals surface area contributed by atoms with Crippen molar-refractivity contribution in [2.24, 2.45) is 5.73 Å². The van der Waals surface area contributed by atoms with Crippen LogP contribution in [0.3, 0.4) is 0 Å². The molecule has 4 heteroatoms. The number of hydrogen-bond donors (Lipinski definition) is 1. The lowest BCUT2D eigenvalue weighted by Crippen LogP contribution is -2.22. The van der Waals surface area contributed by atoms with Crippen LogP contribution in [0, 0.1) is 0 Å². The van der Waals surface area contributed by atoms with Gasteiger partial charge in [-0.3, -0.25) is 4.79 Å². The molecule has 0 heterocycles. The van der Waals surface area contributed by atoms with E-state index in [0.29, 0.717) is 0 Å². The number of carbonyl (C=O) groups excluding carboxylic acids is 1. The van der Waals surface area contributed by atoms with Gasteiger partial charge in [0.05, 0.1) is 13.0 Å². The summed E-state index contributed by atoms with van der Waals surface area (Å²) in [7, 11) is 5.31. The molecular weight excluding hydrogens is 204 g/mol. The van der Waals surface area contributed by atoms with E-state index in [1.807, 2.05) is 43.3 Å². The number of nitrogens with zero attached hydrogens (tertiary/aromatic N) is 1. The fourth-order valence-corrected chi connectivity index (χ4v) is 1.52. The molecule has 4 nitrogen and oxygen atoms in total. The minimum Gasteiger partial charge on any atom is -0.469 e. The van der Waals surface area contributed by atoms with E-state index < -0.39 is 0 Å². The van der Waals surface area contributed by atoms with Crippen molar-refractivity contribution in [3.05, 3.63) is 29.8 Å². The summed E-state index contributed by atoms with van der Waals surface area (Å²) in [5, 5.41) is 0. The van der Waals surface area contributed by atoms with E-state index >= 15 is 0 Å². The standard InChI is InChI=1S/C12H18N2O2/c1-14(2)10-6-4-9(5-7-10)11(8-13)12(15)16-3/h4-7,11H,8,13H2,1-3H3. The highest BCUT2D eigenvalue weighted by atomic mass is 16.5. The molecule has 1 aromatic rings. The van der Waals surface area contributed by atoms with Gasteiger partial charge in [0, 0.05) is 26.3 Å². The third kappa shape index (κ3) is 2.73. The lowest BCUT2D eigenvalue weighted by atomic mass is 9.99. The largest absolute Gasteiger partial charge is 0.469 e. The molecule has 0 aliphatic heterocycles. The van der Waals surface area contributed by atoms with Gasteiger partial charge in [-0.05, 0) is 17.7 Å². The van der Waals surface area contributed by atoms with Crippen LogP contribution in [0.15, 0.2) is 24.3 Å². The Labute approximate surface area is 96.0 Å². The molecule has 88 valence electrons. The Balaban J connectivity index is 2.90. The molecule has 0 saturated carbocycles. The predicted molar refractivity (Wildman–Crippen MR) is 64.6 cm³/mol. The second-order valence-corrected chi connectivity index (χ2v) is 3.80. The molecule has 0 saturated heterocycles. The van der Waals surface area contributed by atoms with Gasteiger partial charge in [-0.1, -0.05) is 12.1 Å². The van der Waals surface area contributed by atoms with Gasteiger partial charge in [-0.25, -0.2) is 0 Å². The second-order valence-electron chi connectivity index (χ2n) is 3.80. The van der Waals surface area contributed by atoms with Crippen molar-refractivity contribution < 1.29 is 9.53 Å². The topological polar surface area (TPSA) is 55.6 Å². The maximum absolute atomic E-state index is 11.4. The van der Waals surface area contributed by atoms with E-state index in [1.165, 1.54) is 7.11 Å². The molecule has 1 unspecified atom stereocenters. The van der Waals surface area contributed by atoms with Crippen LogP contribution < -0.4 is 10.6 Å². The zero-order valence-electron chi connectivity index (χ0n) is 9.93. The average Bonchev–Trinajstić information content (AvgIpc) is 2.30. The number of rotatable bonds is 4. The number of benzene rings is 1. The Morgan fingerprint density at radius 2 is 1.94 bits per heavy atom. The quantitative estimate of drug-likeness (QED) is 0.771. The van der Waals surface area contributed by atoms with Crippen molar-refractivity contribution in [3.8, 4) is 0 Å². The van der Waals surface area contributed by atoms with Gasteiger partial charge in [-0.15, -0.1) is 0 Å². The molecular formula is C12H18N2O2. The van der Waals surface area contributed by atoms with Crippen molar-refractivity contribution >= 4 is 11.7 Å². The van der Waals surface area contributed by atoms with E-state index in [-0.39, 0.29) is 18.4 Å². The van der Waals surface area contributed by atoms with Crippen LogP contribution >= 0.6 is 0 Å². The predicted octanol–water partition coefficient (Wildman–Crippen LogP) is 0.968. The van der Waals surface area contributed by atoms with Gasteiger partial charge in [0.2, 0.25) is 0 Å². The highest BCUT2D eigenvalue weighted by Gasteiger charge is 2.19. The van der Waals surface area contributed by atoms with Crippen LogP contribution in [0.4, 0.5) is 5.69 Å². The minimum absolute atomic E-state index is 0.258. The number of anilines is 1. The molecule has 0 radical (unpaired) electrons. The summed E-state index contributed by atoms with van der Waals surface area (Å²) in [6.07, 6.45) is 0. The van der Waals surface area contributed by atoms with E-state index in [1.54, 1.807) is 0 Å². The van der Waals surface area contributed by atoms with Crippen LogP contribution in [-0.2, 0) is 9.53 Å². The average molecular weight is 222 g/mol. The Hall–Kier alpha value is -1.55. The summed E-state index contributed by atoms with van der Waals surface area (Å²) >= 11 is 0. The normalized spacial score (nSPS) is 12.0. The molecule has 0 aliphatic rings. The summed E-state index contributed by atoms with van der Waals surface area (Å²) in [6, 6.07) is 7.73. The molecule has 1 rings (SSSR count). The smallest absolute Gasteiger partial charge is 0.314 e. The summed E-state index contributed by atoms with van der Waals surface area (Å²) in [5.74, 6) is -0.665. The lowest BCUT2D eigenvalue weighted by molar-refractivity contribution is -0.142. The third-order valence-electron chi connectivity index (χ3n) is 2.53. The van der Waals surface area contributed by atoms with Gasteiger partial charge in [0.15, 0.2) is 0 Å². The van der Waals surface area contributed by atoms with E-state index in [0.717, 1.165) is 11.3 Å². The third-order valence-corrected chi connectivity index (χ3v) is 2.53. The summed E-state index contributed by atoms with van der Waals surface area (Å²) in [6.45, 7) is 0.258.